The molecule has 1 aliphatic rings. The molecule has 192 valence electrons. The van der Waals surface area contributed by atoms with Gasteiger partial charge in [0.05, 0.1) is 6.61 Å². The summed E-state index contributed by atoms with van der Waals surface area (Å²) >= 11 is 6.11. The van der Waals surface area contributed by atoms with E-state index in [0.29, 0.717) is 21.7 Å². The highest BCUT2D eigenvalue weighted by Gasteiger charge is 2.36. The number of morpholine rings is 1. The van der Waals surface area contributed by atoms with Crippen LogP contribution in [0.3, 0.4) is 0 Å². The number of hydrogen-bond donors (Lipinski definition) is 2. The minimum Gasteiger partial charge on any atom is -0.491 e. The van der Waals surface area contributed by atoms with Crippen molar-refractivity contribution < 1.29 is 22.7 Å². The van der Waals surface area contributed by atoms with Crippen molar-refractivity contribution in [2.45, 2.75) is 17.9 Å². The summed E-state index contributed by atoms with van der Waals surface area (Å²) in [6.07, 6.45) is -0.494. The van der Waals surface area contributed by atoms with Crippen molar-refractivity contribution in [3.05, 3.63) is 83.0 Å². The predicted octanol–water partition coefficient (Wildman–Crippen LogP) is 4.36. The van der Waals surface area contributed by atoms with Gasteiger partial charge in [-0.05, 0) is 48.4 Å². The zero-order chi connectivity index (χ0) is 26.2. The number of primary amides is 1. The Hall–Kier alpha value is -3.37. The van der Waals surface area contributed by atoms with Crippen LogP contribution < -0.4 is 10.5 Å². The van der Waals surface area contributed by atoms with Gasteiger partial charge in [0, 0.05) is 29.0 Å². The molecule has 0 radical (unpaired) electrons. The topological polar surface area (TPSA) is 115 Å². The minimum absolute atomic E-state index is 0.0647. The van der Waals surface area contributed by atoms with Crippen LogP contribution in [0, 0.1) is 6.92 Å². The van der Waals surface area contributed by atoms with Crippen LogP contribution >= 0.6 is 11.6 Å². The maximum atomic E-state index is 13.7. The van der Waals surface area contributed by atoms with Crippen molar-refractivity contribution in [1.29, 1.82) is 0 Å². The van der Waals surface area contributed by atoms with Crippen molar-refractivity contribution in [1.82, 2.24) is 9.29 Å². The normalized spacial score (nSPS) is 16.6. The fourth-order valence-electron chi connectivity index (χ4n) is 4.40. The van der Waals surface area contributed by atoms with Crippen LogP contribution in [0.1, 0.15) is 16.1 Å². The van der Waals surface area contributed by atoms with Gasteiger partial charge < -0.3 is 20.2 Å². The number of amides is 1. The SMILES string of the molecule is Cc1ccc(-c2ccc(OCC3CN(S(=O)(=O)c4c(C(N)=O)[nH]c5ccc(Cl)cc45)CCO3)cc2)cc1. The van der Waals surface area contributed by atoms with Crippen LogP contribution in [0.2, 0.25) is 5.02 Å². The lowest BCUT2D eigenvalue weighted by atomic mass is 10.0. The summed E-state index contributed by atoms with van der Waals surface area (Å²) in [5.41, 5.74) is 9.17. The number of carbonyl (C=O) groups is 1. The number of fused-ring (bicyclic) bond motifs is 1. The van der Waals surface area contributed by atoms with E-state index in [9.17, 15) is 13.2 Å². The number of halogens is 1. The van der Waals surface area contributed by atoms with Crippen LogP contribution in [-0.2, 0) is 14.8 Å². The van der Waals surface area contributed by atoms with Crippen LogP contribution in [-0.4, -0.2) is 56.0 Å². The van der Waals surface area contributed by atoms with E-state index in [0.717, 1.165) is 11.1 Å². The Bertz CT molecular complexity index is 1550. The molecule has 37 heavy (non-hydrogen) atoms. The number of ether oxygens (including phenoxy) is 2. The van der Waals surface area contributed by atoms with E-state index < -0.39 is 22.0 Å². The van der Waals surface area contributed by atoms with Crippen LogP contribution in [0.5, 0.6) is 5.75 Å². The number of nitrogens with two attached hydrogens (primary N) is 1. The zero-order valence-corrected chi connectivity index (χ0v) is 21.7. The van der Waals surface area contributed by atoms with Gasteiger partial charge in [0.25, 0.3) is 5.91 Å². The number of nitrogens with zero attached hydrogens (tertiary/aromatic N) is 1. The lowest BCUT2D eigenvalue weighted by Gasteiger charge is -2.32. The molecule has 0 spiro atoms. The van der Waals surface area contributed by atoms with Crippen molar-refractivity contribution in [3.63, 3.8) is 0 Å². The smallest absolute Gasteiger partial charge is 0.266 e. The highest BCUT2D eigenvalue weighted by molar-refractivity contribution is 7.89. The molecule has 1 amide bonds. The molecule has 0 saturated carbocycles. The number of nitrogens with one attached hydrogen (secondary N) is 1. The molecular weight excluding hydrogens is 514 g/mol. The van der Waals surface area contributed by atoms with E-state index >= 15 is 0 Å². The molecule has 1 unspecified atom stereocenters. The average molecular weight is 540 g/mol. The first-order chi connectivity index (χ1) is 17.7. The maximum absolute atomic E-state index is 13.7. The molecule has 1 atom stereocenters. The molecule has 1 aromatic heterocycles. The van der Waals surface area contributed by atoms with Crippen LogP contribution in [0.25, 0.3) is 22.0 Å². The average Bonchev–Trinajstić information content (AvgIpc) is 3.28. The van der Waals surface area contributed by atoms with Gasteiger partial charge >= 0.3 is 0 Å². The molecule has 0 aliphatic carbocycles. The molecule has 5 rings (SSSR count). The number of H-pyrrole nitrogens is 1. The summed E-state index contributed by atoms with van der Waals surface area (Å²) in [5, 5.41) is 0.662. The Morgan fingerprint density at radius 2 is 1.78 bits per heavy atom. The molecule has 3 aromatic carbocycles. The highest BCUT2D eigenvalue weighted by atomic mass is 35.5. The predicted molar refractivity (Wildman–Crippen MR) is 142 cm³/mol. The van der Waals surface area contributed by atoms with Gasteiger partial charge in [-0.3, -0.25) is 4.79 Å². The minimum atomic E-state index is -4.09. The Labute approximate surface area is 220 Å². The van der Waals surface area contributed by atoms with Crippen molar-refractivity contribution in [2.24, 2.45) is 5.73 Å². The second-order valence-electron chi connectivity index (χ2n) is 8.94. The largest absolute Gasteiger partial charge is 0.491 e. The fourth-order valence-corrected chi connectivity index (χ4v) is 6.36. The molecular formula is C27H26ClN3O5S. The first kappa shape index (κ1) is 25.3. The molecule has 3 N–H and O–H groups in total. The molecule has 0 bridgehead atoms. The van der Waals surface area contributed by atoms with Gasteiger partial charge in [0.15, 0.2) is 0 Å². The number of carbonyl (C=O) groups excluding carboxylic acids is 1. The quantitative estimate of drug-likeness (QED) is 0.362. The third-order valence-corrected chi connectivity index (χ3v) is 8.52. The number of sulfonamides is 1. The summed E-state index contributed by atoms with van der Waals surface area (Å²) in [4.78, 5) is 14.7. The van der Waals surface area contributed by atoms with Crippen molar-refractivity contribution >= 4 is 38.4 Å². The lowest BCUT2D eigenvalue weighted by Crippen LogP contribution is -2.47. The Morgan fingerprint density at radius 3 is 2.46 bits per heavy atom. The maximum Gasteiger partial charge on any atom is 0.266 e. The van der Waals surface area contributed by atoms with Gasteiger partial charge in [0.2, 0.25) is 10.0 Å². The molecule has 1 fully saturated rings. The number of aryl methyl sites for hydroxylation is 1. The van der Waals surface area contributed by atoms with Crippen molar-refractivity contribution in [2.75, 3.05) is 26.3 Å². The monoisotopic (exact) mass is 539 g/mol. The van der Waals surface area contributed by atoms with E-state index in [1.165, 1.54) is 15.9 Å². The van der Waals surface area contributed by atoms with Gasteiger partial charge in [-0.1, -0.05) is 53.6 Å². The van der Waals surface area contributed by atoms with Crippen molar-refractivity contribution in [3.8, 4) is 16.9 Å². The second kappa shape index (κ2) is 10.2. The summed E-state index contributed by atoms with van der Waals surface area (Å²) in [6.45, 7) is 2.60. The number of aromatic nitrogens is 1. The van der Waals surface area contributed by atoms with E-state index in [1.807, 2.05) is 31.2 Å². The van der Waals surface area contributed by atoms with E-state index in [-0.39, 0.29) is 36.9 Å². The Balaban J connectivity index is 1.31. The van der Waals surface area contributed by atoms with Gasteiger partial charge in [-0.25, -0.2) is 8.42 Å². The number of aromatic amines is 1. The zero-order valence-electron chi connectivity index (χ0n) is 20.1. The standard InChI is InChI=1S/C27H26ClN3O5S/c1-17-2-4-18(5-3-17)19-6-9-21(10-7-19)36-16-22-15-31(12-13-35-22)37(33,34)26-23-14-20(28)8-11-24(23)30-25(26)27(29)32/h2-11,14,22,30H,12-13,15-16H2,1H3,(H2,29,32). The molecule has 10 heteroatoms. The van der Waals surface area contributed by atoms with Crippen LogP contribution in [0.15, 0.2) is 71.6 Å². The molecule has 8 nitrogen and oxygen atoms in total. The summed E-state index contributed by atoms with van der Waals surface area (Å²) in [7, 11) is -4.09. The third-order valence-electron chi connectivity index (χ3n) is 6.33. The summed E-state index contributed by atoms with van der Waals surface area (Å²) < 4.78 is 40.3. The first-order valence-electron chi connectivity index (χ1n) is 11.7. The highest BCUT2D eigenvalue weighted by Crippen LogP contribution is 2.32. The summed E-state index contributed by atoms with van der Waals surface area (Å²) in [5.74, 6) is -0.213. The van der Waals surface area contributed by atoms with E-state index in [1.54, 1.807) is 12.1 Å². The van der Waals surface area contributed by atoms with E-state index in [2.05, 4.69) is 29.2 Å². The van der Waals surface area contributed by atoms with Gasteiger partial charge in [-0.2, -0.15) is 4.31 Å². The lowest BCUT2D eigenvalue weighted by molar-refractivity contribution is -0.0249. The molecule has 1 saturated heterocycles. The number of rotatable bonds is 7. The Kier molecular flexibility index (Phi) is 6.96. The van der Waals surface area contributed by atoms with Crippen LogP contribution in [0.4, 0.5) is 0 Å². The fraction of sp³-hybridized carbons (Fsp3) is 0.222. The number of hydrogen-bond acceptors (Lipinski definition) is 5. The first-order valence-corrected chi connectivity index (χ1v) is 13.6. The molecule has 1 aliphatic heterocycles. The van der Waals surface area contributed by atoms with E-state index in [4.69, 9.17) is 26.8 Å². The second-order valence-corrected chi connectivity index (χ2v) is 11.3. The summed E-state index contributed by atoms with van der Waals surface area (Å²) in [6, 6.07) is 20.7. The molecule has 4 aromatic rings. The van der Waals surface area contributed by atoms with Gasteiger partial charge in [-0.15, -0.1) is 0 Å². The van der Waals surface area contributed by atoms with Gasteiger partial charge in [0.1, 0.15) is 29.0 Å². The third kappa shape index (κ3) is 5.21. The molecule has 2 heterocycles. The Morgan fingerprint density at radius 1 is 1.11 bits per heavy atom. The number of benzene rings is 3.